The molecule has 0 bridgehead atoms. The number of piperazine rings is 1. The minimum absolute atomic E-state index is 0.0240. The lowest BCUT2D eigenvalue weighted by Gasteiger charge is -2.39. The summed E-state index contributed by atoms with van der Waals surface area (Å²) in [4.78, 5) is 16.3. The van der Waals surface area contributed by atoms with Crippen molar-refractivity contribution in [2.45, 2.75) is 59.2 Å². The molecule has 1 saturated heterocycles. The van der Waals surface area contributed by atoms with Crippen LogP contribution >= 0.6 is 11.6 Å². The maximum Gasteiger partial charge on any atom is 0.410 e. The van der Waals surface area contributed by atoms with Crippen LogP contribution in [0.4, 0.5) is 10.5 Å². The number of aliphatic hydroxyl groups is 1. The van der Waals surface area contributed by atoms with Gasteiger partial charge in [-0.15, -0.1) is 0 Å². The molecule has 2 aliphatic rings. The Hall–Kier alpha value is -2.36. The van der Waals surface area contributed by atoms with E-state index in [9.17, 15) is 9.90 Å². The number of hydrogen-bond acceptors (Lipinski definition) is 7. The number of halogens is 1. The number of amidine groups is 1. The molecule has 10 heteroatoms. The smallest absolute Gasteiger partial charge is 0.410 e. The van der Waals surface area contributed by atoms with Crippen LogP contribution in [0.2, 0.25) is 5.02 Å². The normalized spacial score (nSPS) is 19.8. The van der Waals surface area contributed by atoms with E-state index in [-0.39, 0.29) is 36.8 Å². The van der Waals surface area contributed by atoms with Gasteiger partial charge >= 0.3 is 6.09 Å². The highest BCUT2D eigenvalue weighted by atomic mass is 35.5. The van der Waals surface area contributed by atoms with Crippen molar-refractivity contribution in [2.75, 3.05) is 31.6 Å². The van der Waals surface area contributed by atoms with Crippen molar-refractivity contribution >= 4 is 35.3 Å². The summed E-state index contributed by atoms with van der Waals surface area (Å²) < 4.78 is 10.7. The Morgan fingerprint density at radius 3 is 2.61 bits per heavy atom. The van der Waals surface area contributed by atoms with E-state index >= 15 is 0 Å². The first kappa shape index (κ1) is 25.3. The molecule has 3 rings (SSSR count). The van der Waals surface area contributed by atoms with Gasteiger partial charge in [0.1, 0.15) is 0 Å². The summed E-state index contributed by atoms with van der Waals surface area (Å²) in [7, 11) is 0. The van der Waals surface area contributed by atoms with Crippen molar-refractivity contribution in [3.05, 3.63) is 28.3 Å². The van der Waals surface area contributed by atoms with Gasteiger partial charge < -0.3 is 24.8 Å². The Morgan fingerprint density at radius 1 is 1.33 bits per heavy atom. The van der Waals surface area contributed by atoms with Crippen LogP contribution < -0.4 is 5.32 Å². The second-order valence-electron chi connectivity index (χ2n) is 9.27. The second kappa shape index (κ2) is 10.3. The van der Waals surface area contributed by atoms with Gasteiger partial charge in [0.2, 0.25) is 0 Å². The van der Waals surface area contributed by atoms with Gasteiger partial charge in [0, 0.05) is 42.9 Å². The average molecular weight is 480 g/mol. The summed E-state index contributed by atoms with van der Waals surface area (Å²) in [5.41, 5.74) is 1.93. The molecular formula is C23H34ClN5O4. The largest absolute Gasteiger partial charge is 0.447 e. The highest BCUT2D eigenvalue weighted by molar-refractivity contribution is 6.31. The van der Waals surface area contributed by atoms with E-state index in [1.54, 1.807) is 11.0 Å². The summed E-state index contributed by atoms with van der Waals surface area (Å²) in [5, 5.41) is 29.0. The minimum Gasteiger partial charge on any atom is -0.447 e. The van der Waals surface area contributed by atoms with Crippen molar-refractivity contribution in [1.29, 1.82) is 10.8 Å². The first-order chi connectivity index (χ1) is 15.5. The molecule has 1 heterocycles. The molecule has 33 heavy (non-hydrogen) atoms. The molecule has 1 atom stereocenters. The Kier molecular flexibility index (Phi) is 7.87. The number of hydrogen-bond donors (Lipinski definition) is 4. The predicted molar refractivity (Wildman–Crippen MR) is 128 cm³/mol. The average Bonchev–Trinajstić information content (AvgIpc) is 3.52. The van der Waals surface area contributed by atoms with Gasteiger partial charge in [-0.2, -0.15) is 0 Å². The van der Waals surface area contributed by atoms with Gasteiger partial charge in [0.05, 0.1) is 18.1 Å². The molecule has 182 valence electrons. The van der Waals surface area contributed by atoms with Gasteiger partial charge in [0.15, 0.2) is 5.90 Å². The van der Waals surface area contributed by atoms with Crippen molar-refractivity contribution in [3.8, 4) is 0 Å². The third-order valence-electron chi connectivity index (χ3n) is 6.25. The number of carbonyl (C=O) groups is 1. The predicted octanol–water partition coefficient (Wildman–Crippen LogP) is 3.81. The molecule has 0 unspecified atom stereocenters. The lowest BCUT2D eigenvalue weighted by Crippen LogP contribution is -2.54. The molecule has 4 N–H and O–H groups in total. The Balaban J connectivity index is 1.62. The number of aliphatic hydroxyl groups excluding tert-OH is 1. The first-order valence-electron chi connectivity index (χ1n) is 11.3. The lowest BCUT2D eigenvalue weighted by atomic mass is 10.0. The van der Waals surface area contributed by atoms with Crippen molar-refractivity contribution in [2.24, 2.45) is 5.41 Å². The zero-order chi connectivity index (χ0) is 24.3. The topological polar surface area (TPSA) is 122 Å². The van der Waals surface area contributed by atoms with Crippen LogP contribution in [0.1, 0.15) is 44.7 Å². The van der Waals surface area contributed by atoms with E-state index in [4.69, 9.17) is 31.9 Å². The summed E-state index contributed by atoms with van der Waals surface area (Å²) in [6.45, 7) is 10.2. The maximum absolute atomic E-state index is 12.3. The summed E-state index contributed by atoms with van der Waals surface area (Å²) in [6, 6.07) is 3.38. The van der Waals surface area contributed by atoms with Crippen molar-refractivity contribution in [1.82, 2.24) is 9.80 Å². The van der Waals surface area contributed by atoms with Gasteiger partial charge in [0.25, 0.3) is 6.02 Å². The lowest BCUT2D eigenvalue weighted by molar-refractivity contribution is 0.0349. The fourth-order valence-electron chi connectivity index (χ4n) is 3.95. The fourth-order valence-corrected chi connectivity index (χ4v) is 4.19. The minimum atomic E-state index is -0.636. The SMILES string of the molecule is Cc1c(CN2CCN(C(=O)OC(C)C)[C@@H](C)C2)cc(Cl)cc1NC(=N)OC(=N)C1(CO)CC1. The van der Waals surface area contributed by atoms with E-state index < -0.39 is 5.41 Å². The van der Waals surface area contributed by atoms with E-state index in [1.165, 1.54) is 0 Å². The molecule has 1 saturated carbocycles. The molecule has 2 fully saturated rings. The summed E-state index contributed by atoms with van der Waals surface area (Å²) >= 11 is 6.36. The first-order valence-corrected chi connectivity index (χ1v) is 11.6. The number of amides is 1. The number of nitrogens with zero attached hydrogens (tertiary/aromatic N) is 2. The van der Waals surface area contributed by atoms with Crippen LogP contribution in [-0.2, 0) is 16.0 Å². The Bertz CT molecular complexity index is 918. The molecule has 1 amide bonds. The molecular weight excluding hydrogens is 446 g/mol. The number of nitrogens with one attached hydrogen (secondary N) is 3. The van der Waals surface area contributed by atoms with E-state index in [2.05, 4.69) is 10.2 Å². The zero-order valence-electron chi connectivity index (χ0n) is 19.7. The third-order valence-corrected chi connectivity index (χ3v) is 6.47. The van der Waals surface area contributed by atoms with Crippen LogP contribution in [0.25, 0.3) is 0 Å². The molecule has 1 aliphatic heterocycles. The number of rotatable bonds is 6. The number of anilines is 1. The van der Waals surface area contributed by atoms with Gasteiger partial charge in [-0.05, 0) is 63.8 Å². The van der Waals surface area contributed by atoms with Gasteiger partial charge in [-0.25, -0.2) is 4.79 Å². The number of benzene rings is 1. The quantitative estimate of drug-likeness (QED) is 0.363. The molecule has 1 aromatic carbocycles. The molecule has 0 aromatic heterocycles. The van der Waals surface area contributed by atoms with Crippen LogP contribution in [0.15, 0.2) is 12.1 Å². The van der Waals surface area contributed by atoms with Gasteiger partial charge in [-0.3, -0.25) is 15.7 Å². The number of ether oxygens (including phenoxy) is 2. The van der Waals surface area contributed by atoms with E-state index in [0.717, 1.165) is 11.1 Å². The molecule has 1 aromatic rings. The molecule has 1 aliphatic carbocycles. The van der Waals surface area contributed by atoms with Gasteiger partial charge in [-0.1, -0.05) is 11.6 Å². The summed E-state index contributed by atoms with van der Waals surface area (Å²) in [6.07, 6.45) is 0.960. The highest BCUT2D eigenvalue weighted by Crippen LogP contribution is 2.46. The van der Waals surface area contributed by atoms with E-state index in [1.807, 2.05) is 33.8 Å². The zero-order valence-corrected chi connectivity index (χ0v) is 20.5. The van der Waals surface area contributed by atoms with E-state index in [0.29, 0.717) is 49.7 Å². The van der Waals surface area contributed by atoms with Crippen LogP contribution in [0, 0.1) is 23.2 Å². The monoisotopic (exact) mass is 479 g/mol. The Morgan fingerprint density at radius 2 is 2.03 bits per heavy atom. The molecule has 0 spiro atoms. The second-order valence-corrected chi connectivity index (χ2v) is 9.71. The third kappa shape index (κ3) is 6.16. The van der Waals surface area contributed by atoms with Crippen LogP contribution in [0.5, 0.6) is 0 Å². The summed E-state index contributed by atoms with van der Waals surface area (Å²) in [5.74, 6) is -0.0924. The Labute approximate surface area is 200 Å². The number of carbonyl (C=O) groups excluding carboxylic acids is 1. The molecule has 9 nitrogen and oxygen atoms in total. The maximum atomic E-state index is 12.3. The highest BCUT2D eigenvalue weighted by Gasteiger charge is 2.48. The molecule has 0 radical (unpaired) electrons. The standard InChI is InChI=1S/C23H34ClN5O4/c1-14(2)32-22(31)29-8-7-28(11-15(29)3)12-17-9-18(24)10-19(16(17)4)27-21(26)33-20(25)23(13-30)5-6-23/h9-10,14-15,25,30H,5-8,11-13H2,1-4H3,(H2,26,27)/t15-/m0/s1. The van der Waals surface area contributed by atoms with Crippen LogP contribution in [-0.4, -0.2) is 71.3 Å². The fraction of sp³-hybridized carbons (Fsp3) is 0.609. The van der Waals surface area contributed by atoms with Crippen molar-refractivity contribution in [3.63, 3.8) is 0 Å². The van der Waals surface area contributed by atoms with Crippen LogP contribution in [0.3, 0.4) is 0 Å². The van der Waals surface area contributed by atoms with Crippen molar-refractivity contribution < 1.29 is 19.4 Å².